The Morgan fingerprint density at radius 3 is 1.84 bits per heavy atom. The summed E-state index contributed by atoms with van der Waals surface area (Å²) >= 11 is 0. The Bertz CT molecular complexity index is 854. The predicted molar refractivity (Wildman–Crippen MR) is 97.0 cm³/mol. The minimum absolute atomic E-state index is 0.538. The van der Waals surface area contributed by atoms with Crippen LogP contribution >= 0.6 is 0 Å². The van der Waals surface area contributed by atoms with E-state index in [2.05, 4.69) is 4.98 Å². The van der Waals surface area contributed by atoms with Crippen molar-refractivity contribution >= 4 is 5.69 Å². The molecule has 6 heteroatoms. The van der Waals surface area contributed by atoms with Gasteiger partial charge in [0.15, 0.2) is 11.5 Å². The maximum absolute atomic E-state index is 5.74. The molecule has 0 fully saturated rings. The lowest BCUT2D eigenvalue weighted by atomic mass is 10.1. The molecule has 0 saturated heterocycles. The summed E-state index contributed by atoms with van der Waals surface area (Å²) in [5, 5.41) is 0. The van der Waals surface area contributed by atoms with Gasteiger partial charge in [-0.1, -0.05) is 12.1 Å². The summed E-state index contributed by atoms with van der Waals surface area (Å²) in [6.45, 7) is 0. The lowest BCUT2D eigenvalue weighted by Gasteiger charge is -2.14. The molecule has 1 heterocycles. The van der Waals surface area contributed by atoms with Crippen molar-refractivity contribution in [1.29, 1.82) is 0 Å². The van der Waals surface area contributed by atoms with Crippen molar-refractivity contribution in [3.05, 3.63) is 48.8 Å². The summed E-state index contributed by atoms with van der Waals surface area (Å²) < 4.78 is 16.2. The van der Waals surface area contributed by atoms with Gasteiger partial charge in [-0.3, -0.25) is 4.98 Å². The average Bonchev–Trinajstić information content (AvgIpc) is 2.67. The van der Waals surface area contributed by atoms with Crippen molar-refractivity contribution in [3.63, 3.8) is 0 Å². The fraction of sp³-hybridized carbons (Fsp3) is 0.158. The smallest absolute Gasteiger partial charge is 0.203 e. The summed E-state index contributed by atoms with van der Waals surface area (Å²) in [5.74, 6) is 1.67. The zero-order chi connectivity index (χ0) is 17.8. The van der Waals surface area contributed by atoms with Crippen molar-refractivity contribution in [3.8, 4) is 39.8 Å². The summed E-state index contributed by atoms with van der Waals surface area (Å²) in [6, 6.07) is 11.2. The Balaban J connectivity index is 2.08. The molecule has 3 rings (SSSR count). The Kier molecular flexibility index (Phi) is 4.70. The Morgan fingerprint density at radius 2 is 1.32 bits per heavy atom. The number of nitrogen functional groups attached to an aromatic ring is 1. The Labute approximate surface area is 146 Å². The fourth-order valence-corrected chi connectivity index (χ4v) is 2.53. The Morgan fingerprint density at radius 1 is 0.760 bits per heavy atom. The van der Waals surface area contributed by atoms with E-state index in [0.29, 0.717) is 28.6 Å². The number of nitrogens with zero attached hydrogens (tertiary/aromatic N) is 2. The van der Waals surface area contributed by atoms with Crippen LogP contribution in [0.2, 0.25) is 0 Å². The number of ether oxygens (including phenoxy) is 3. The first-order chi connectivity index (χ1) is 12.2. The highest BCUT2D eigenvalue weighted by Crippen LogP contribution is 2.40. The molecule has 0 radical (unpaired) electrons. The number of hydrogen-bond acceptors (Lipinski definition) is 6. The molecule has 6 nitrogen and oxygen atoms in total. The second kappa shape index (κ2) is 7.09. The molecular weight excluding hydrogens is 318 g/mol. The van der Waals surface area contributed by atoms with Crippen molar-refractivity contribution in [2.45, 2.75) is 0 Å². The van der Waals surface area contributed by atoms with E-state index in [1.165, 1.54) is 0 Å². The van der Waals surface area contributed by atoms with Gasteiger partial charge in [-0.25, -0.2) is 4.98 Å². The first kappa shape index (κ1) is 16.6. The first-order valence-corrected chi connectivity index (χ1v) is 7.64. The van der Waals surface area contributed by atoms with E-state index in [4.69, 9.17) is 24.9 Å². The third-order valence-electron chi connectivity index (χ3n) is 3.80. The zero-order valence-electron chi connectivity index (χ0n) is 14.3. The van der Waals surface area contributed by atoms with Crippen molar-refractivity contribution in [1.82, 2.24) is 9.97 Å². The molecule has 0 aliphatic rings. The SMILES string of the molecule is COc1cc(-c2cncc(-c3ccc(N)cc3)n2)cc(OC)c1OC. The van der Waals surface area contributed by atoms with E-state index in [-0.39, 0.29) is 0 Å². The molecule has 2 aromatic carbocycles. The van der Waals surface area contributed by atoms with Gasteiger partial charge in [0, 0.05) is 16.8 Å². The maximum Gasteiger partial charge on any atom is 0.203 e. The van der Waals surface area contributed by atoms with Crippen molar-refractivity contribution in [2.24, 2.45) is 0 Å². The molecule has 0 spiro atoms. The number of rotatable bonds is 5. The van der Waals surface area contributed by atoms with Crippen molar-refractivity contribution in [2.75, 3.05) is 27.1 Å². The molecule has 0 atom stereocenters. The molecule has 1 aromatic heterocycles. The molecule has 0 bridgehead atoms. The highest BCUT2D eigenvalue weighted by Gasteiger charge is 2.15. The molecule has 25 heavy (non-hydrogen) atoms. The molecule has 0 unspecified atom stereocenters. The van der Waals surface area contributed by atoms with Gasteiger partial charge in [-0.15, -0.1) is 0 Å². The fourth-order valence-electron chi connectivity index (χ4n) is 2.53. The Hall–Kier alpha value is -3.28. The molecule has 2 N–H and O–H groups in total. The lowest BCUT2D eigenvalue weighted by Crippen LogP contribution is -1.97. The van der Waals surface area contributed by atoms with E-state index in [0.717, 1.165) is 16.8 Å². The summed E-state index contributed by atoms with van der Waals surface area (Å²) in [7, 11) is 4.73. The van der Waals surface area contributed by atoms with Crippen LogP contribution in [0.3, 0.4) is 0 Å². The highest BCUT2D eigenvalue weighted by molar-refractivity contribution is 5.70. The van der Waals surface area contributed by atoms with Gasteiger partial charge in [0.1, 0.15) is 0 Å². The molecule has 0 aliphatic carbocycles. The number of benzene rings is 2. The second-order valence-electron chi connectivity index (χ2n) is 5.33. The standard InChI is InChI=1S/C19H19N3O3/c1-23-17-8-13(9-18(24-2)19(17)25-3)16-11-21-10-15(22-16)12-4-6-14(20)7-5-12/h4-11H,20H2,1-3H3. The first-order valence-electron chi connectivity index (χ1n) is 7.64. The third-order valence-corrected chi connectivity index (χ3v) is 3.80. The largest absolute Gasteiger partial charge is 0.493 e. The number of methoxy groups -OCH3 is 3. The van der Waals surface area contributed by atoms with E-state index < -0.39 is 0 Å². The number of nitrogens with two attached hydrogens (primary N) is 1. The average molecular weight is 337 g/mol. The summed E-state index contributed by atoms with van der Waals surface area (Å²) in [5.41, 5.74) is 9.66. The van der Waals surface area contributed by atoms with Gasteiger partial charge >= 0.3 is 0 Å². The van der Waals surface area contributed by atoms with E-state index in [9.17, 15) is 0 Å². The van der Waals surface area contributed by atoms with Crippen LogP contribution < -0.4 is 19.9 Å². The van der Waals surface area contributed by atoms with E-state index in [1.54, 1.807) is 33.7 Å². The highest BCUT2D eigenvalue weighted by atomic mass is 16.5. The number of hydrogen-bond donors (Lipinski definition) is 1. The maximum atomic E-state index is 5.74. The lowest BCUT2D eigenvalue weighted by molar-refractivity contribution is 0.324. The summed E-state index contributed by atoms with van der Waals surface area (Å²) in [6.07, 6.45) is 3.41. The van der Waals surface area contributed by atoms with Gasteiger partial charge in [-0.05, 0) is 24.3 Å². The summed E-state index contributed by atoms with van der Waals surface area (Å²) in [4.78, 5) is 9.00. The van der Waals surface area contributed by atoms with Gasteiger partial charge in [-0.2, -0.15) is 0 Å². The van der Waals surface area contributed by atoms with Crippen LogP contribution in [0.25, 0.3) is 22.5 Å². The van der Waals surface area contributed by atoms with Gasteiger partial charge in [0.2, 0.25) is 5.75 Å². The van der Waals surface area contributed by atoms with Crippen LogP contribution in [-0.2, 0) is 0 Å². The molecule has 0 amide bonds. The van der Waals surface area contributed by atoms with Crippen LogP contribution in [0, 0.1) is 0 Å². The topological polar surface area (TPSA) is 79.5 Å². The monoisotopic (exact) mass is 337 g/mol. The number of anilines is 1. The third kappa shape index (κ3) is 3.33. The predicted octanol–water partition coefficient (Wildman–Crippen LogP) is 3.42. The minimum Gasteiger partial charge on any atom is -0.493 e. The quantitative estimate of drug-likeness (QED) is 0.719. The van der Waals surface area contributed by atoms with Crippen LogP contribution in [-0.4, -0.2) is 31.3 Å². The zero-order valence-corrected chi connectivity index (χ0v) is 14.3. The van der Waals surface area contributed by atoms with Crippen LogP contribution in [0.15, 0.2) is 48.8 Å². The number of aromatic nitrogens is 2. The van der Waals surface area contributed by atoms with E-state index in [1.807, 2.05) is 36.4 Å². The van der Waals surface area contributed by atoms with Crippen molar-refractivity contribution < 1.29 is 14.2 Å². The van der Waals surface area contributed by atoms with Crippen LogP contribution in [0.4, 0.5) is 5.69 Å². The van der Waals surface area contributed by atoms with E-state index >= 15 is 0 Å². The molecule has 0 saturated carbocycles. The van der Waals surface area contributed by atoms with Crippen LogP contribution in [0.5, 0.6) is 17.2 Å². The van der Waals surface area contributed by atoms with Gasteiger partial charge in [0.25, 0.3) is 0 Å². The second-order valence-corrected chi connectivity index (χ2v) is 5.33. The minimum atomic E-state index is 0.538. The van der Waals surface area contributed by atoms with Gasteiger partial charge < -0.3 is 19.9 Å². The normalized spacial score (nSPS) is 10.4. The molecule has 128 valence electrons. The molecular formula is C19H19N3O3. The van der Waals surface area contributed by atoms with Gasteiger partial charge in [0.05, 0.1) is 45.1 Å². The molecule has 0 aliphatic heterocycles. The molecule has 3 aromatic rings. The van der Waals surface area contributed by atoms with Crippen LogP contribution in [0.1, 0.15) is 0 Å².